The Kier molecular flexibility index (Phi) is 7.78. The van der Waals surface area contributed by atoms with Crippen molar-refractivity contribution in [3.05, 3.63) is 61.9 Å². The van der Waals surface area contributed by atoms with E-state index in [9.17, 15) is 4.79 Å². The first kappa shape index (κ1) is 23.6. The lowest BCUT2D eigenvalue weighted by molar-refractivity contribution is -0.123. The van der Waals surface area contributed by atoms with Gasteiger partial charge in [-0.05, 0) is 42.7 Å². The Bertz CT molecular complexity index is 1070. The molecule has 0 saturated carbocycles. The number of rotatable bonds is 7. The van der Waals surface area contributed by atoms with Gasteiger partial charge in [-0.3, -0.25) is 9.69 Å². The number of carbonyl (C=O) groups excluding carboxylic acids is 1. The van der Waals surface area contributed by atoms with E-state index in [1.165, 1.54) is 11.8 Å². The number of hydrogen-bond donors (Lipinski definition) is 0. The molecular weight excluding hydrogens is 534 g/mol. The zero-order valence-corrected chi connectivity index (χ0v) is 21.3. The van der Waals surface area contributed by atoms with Crippen LogP contribution in [-0.4, -0.2) is 41.5 Å². The summed E-state index contributed by atoms with van der Waals surface area (Å²) in [6.07, 6.45) is 3.85. The quantitative estimate of drug-likeness (QED) is 0.306. The molecule has 2 saturated heterocycles. The molecule has 0 spiro atoms. The van der Waals surface area contributed by atoms with Crippen LogP contribution in [0.2, 0.25) is 5.02 Å². The summed E-state index contributed by atoms with van der Waals surface area (Å²) in [7, 11) is 1.58. The molecule has 2 aromatic rings. The van der Waals surface area contributed by atoms with E-state index in [1.807, 2.05) is 42.5 Å². The fraction of sp³-hybridized carbons (Fsp3) is 0.304. The summed E-state index contributed by atoms with van der Waals surface area (Å²) >= 11 is 16.6. The Balaban J connectivity index is 1.52. The van der Waals surface area contributed by atoms with Crippen molar-refractivity contribution in [3.8, 4) is 11.5 Å². The van der Waals surface area contributed by atoms with E-state index in [-0.39, 0.29) is 12.0 Å². The Morgan fingerprint density at radius 1 is 1.34 bits per heavy atom. The van der Waals surface area contributed by atoms with Crippen molar-refractivity contribution in [2.75, 3.05) is 20.3 Å². The molecule has 0 radical (unpaired) electrons. The molecule has 1 amide bonds. The van der Waals surface area contributed by atoms with Crippen LogP contribution < -0.4 is 9.47 Å². The van der Waals surface area contributed by atoms with Crippen LogP contribution in [0.4, 0.5) is 0 Å². The first-order chi connectivity index (χ1) is 15.5. The topological polar surface area (TPSA) is 48.0 Å². The van der Waals surface area contributed by atoms with Crippen molar-refractivity contribution >= 4 is 67.8 Å². The normalized spacial score (nSPS) is 19.8. The van der Waals surface area contributed by atoms with Gasteiger partial charge in [0.2, 0.25) is 0 Å². The second-order valence-electron chi connectivity index (χ2n) is 7.33. The number of methoxy groups -OCH3 is 1. The predicted molar refractivity (Wildman–Crippen MR) is 135 cm³/mol. The third-order valence-electron chi connectivity index (χ3n) is 5.19. The molecule has 0 N–H and O–H groups in total. The number of nitrogens with zero attached hydrogens (tertiary/aromatic N) is 1. The van der Waals surface area contributed by atoms with Gasteiger partial charge in [-0.15, -0.1) is 0 Å². The van der Waals surface area contributed by atoms with Gasteiger partial charge in [0, 0.05) is 21.7 Å². The van der Waals surface area contributed by atoms with E-state index in [0.29, 0.717) is 38.9 Å². The number of benzene rings is 2. The molecule has 2 aliphatic heterocycles. The number of thioether (sulfide) groups is 1. The lowest BCUT2D eigenvalue weighted by Crippen LogP contribution is -2.35. The minimum atomic E-state index is -0.0968. The van der Waals surface area contributed by atoms with Crippen molar-refractivity contribution in [2.24, 2.45) is 0 Å². The standard InChI is InChI=1S/C23H21BrClNO4S2/c1-28-19-9-15(17(24)11-20(19)30-13-14-5-2-3-7-18(14)25)10-21-22(27)26(23(31)32-21)12-16-6-4-8-29-16/h2-3,5,7,9-11,16H,4,6,8,12-13H2,1H3. The number of halogens is 2. The van der Waals surface area contributed by atoms with Crippen molar-refractivity contribution in [3.63, 3.8) is 0 Å². The lowest BCUT2D eigenvalue weighted by Gasteiger charge is -2.18. The van der Waals surface area contributed by atoms with Crippen LogP contribution in [0, 0.1) is 0 Å². The highest BCUT2D eigenvalue weighted by atomic mass is 79.9. The van der Waals surface area contributed by atoms with Crippen LogP contribution in [-0.2, 0) is 16.1 Å². The molecule has 2 aliphatic rings. The summed E-state index contributed by atoms with van der Waals surface area (Å²) < 4.78 is 18.5. The summed E-state index contributed by atoms with van der Waals surface area (Å²) in [4.78, 5) is 15.1. The highest BCUT2D eigenvalue weighted by Crippen LogP contribution is 2.39. The average molecular weight is 555 g/mol. The first-order valence-electron chi connectivity index (χ1n) is 10.1. The third kappa shape index (κ3) is 5.31. The molecule has 2 fully saturated rings. The molecule has 0 aromatic heterocycles. The number of ether oxygens (including phenoxy) is 3. The summed E-state index contributed by atoms with van der Waals surface area (Å²) in [5.74, 6) is 1.03. The molecule has 5 nitrogen and oxygen atoms in total. The van der Waals surface area contributed by atoms with E-state index in [4.69, 9.17) is 38.0 Å². The molecule has 4 rings (SSSR count). The number of thiocarbonyl (C=S) groups is 1. The van der Waals surface area contributed by atoms with Gasteiger partial charge in [0.15, 0.2) is 11.5 Å². The maximum absolute atomic E-state index is 12.9. The van der Waals surface area contributed by atoms with Crippen molar-refractivity contribution < 1.29 is 19.0 Å². The fourth-order valence-corrected chi connectivity index (χ4v) is 5.39. The Hall–Kier alpha value is -1.58. The van der Waals surface area contributed by atoms with Crippen molar-refractivity contribution in [2.45, 2.75) is 25.6 Å². The van der Waals surface area contributed by atoms with Crippen LogP contribution in [0.15, 0.2) is 45.8 Å². The Morgan fingerprint density at radius 3 is 2.88 bits per heavy atom. The number of carbonyl (C=O) groups is 1. The predicted octanol–water partition coefficient (Wildman–Crippen LogP) is 6.07. The fourth-order valence-electron chi connectivity index (χ4n) is 3.50. The van der Waals surface area contributed by atoms with Gasteiger partial charge < -0.3 is 14.2 Å². The molecule has 0 bridgehead atoms. The smallest absolute Gasteiger partial charge is 0.266 e. The Labute approximate surface area is 210 Å². The molecule has 1 atom stereocenters. The van der Waals surface area contributed by atoms with Crippen LogP contribution in [0.5, 0.6) is 11.5 Å². The van der Waals surface area contributed by atoms with E-state index in [1.54, 1.807) is 12.0 Å². The largest absolute Gasteiger partial charge is 0.493 e. The molecule has 2 heterocycles. The highest BCUT2D eigenvalue weighted by Gasteiger charge is 2.34. The first-order valence-corrected chi connectivity index (χ1v) is 12.5. The van der Waals surface area contributed by atoms with Gasteiger partial charge in [0.25, 0.3) is 5.91 Å². The molecular formula is C23H21BrClNO4S2. The molecule has 0 aliphatic carbocycles. The summed E-state index contributed by atoms with van der Waals surface area (Å²) in [5.41, 5.74) is 1.68. The maximum atomic E-state index is 12.9. The molecule has 9 heteroatoms. The van der Waals surface area contributed by atoms with Gasteiger partial charge in [-0.2, -0.15) is 0 Å². The molecule has 2 aromatic carbocycles. The minimum absolute atomic E-state index is 0.0539. The van der Waals surface area contributed by atoms with Gasteiger partial charge in [-0.1, -0.05) is 69.7 Å². The van der Waals surface area contributed by atoms with E-state index >= 15 is 0 Å². The summed E-state index contributed by atoms with van der Waals surface area (Å²) in [6, 6.07) is 11.2. The van der Waals surface area contributed by atoms with Gasteiger partial charge in [0.1, 0.15) is 10.9 Å². The highest BCUT2D eigenvalue weighted by molar-refractivity contribution is 9.10. The van der Waals surface area contributed by atoms with Gasteiger partial charge in [-0.25, -0.2) is 0 Å². The Morgan fingerprint density at radius 2 is 2.16 bits per heavy atom. The van der Waals surface area contributed by atoms with Crippen LogP contribution in [0.25, 0.3) is 6.08 Å². The average Bonchev–Trinajstić information content (AvgIpc) is 3.39. The third-order valence-corrected chi connectivity index (χ3v) is 7.63. The minimum Gasteiger partial charge on any atom is -0.493 e. The summed E-state index contributed by atoms with van der Waals surface area (Å²) in [6.45, 7) is 1.55. The van der Waals surface area contributed by atoms with E-state index in [0.717, 1.165) is 35.0 Å². The van der Waals surface area contributed by atoms with Gasteiger partial charge in [0.05, 0.1) is 24.7 Å². The van der Waals surface area contributed by atoms with Crippen LogP contribution in [0.3, 0.4) is 0 Å². The number of hydrogen-bond acceptors (Lipinski definition) is 6. The second kappa shape index (κ2) is 10.6. The maximum Gasteiger partial charge on any atom is 0.266 e. The molecule has 32 heavy (non-hydrogen) atoms. The second-order valence-corrected chi connectivity index (χ2v) is 10.3. The summed E-state index contributed by atoms with van der Waals surface area (Å²) in [5, 5.41) is 0.646. The van der Waals surface area contributed by atoms with E-state index in [2.05, 4.69) is 15.9 Å². The zero-order chi connectivity index (χ0) is 22.7. The van der Waals surface area contributed by atoms with Gasteiger partial charge >= 0.3 is 0 Å². The van der Waals surface area contributed by atoms with Crippen molar-refractivity contribution in [1.82, 2.24) is 4.90 Å². The van der Waals surface area contributed by atoms with Crippen molar-refractivity contribution in [1.29, 1.82) is 0 Å². The molecule has 1 unspecified atom stereocenters. The monoisotopic (exact) mass is 553 g/mol. The SMILES string of the molecule is COc1cc(C=C2SC(=S)N(CC3CCCO3)C2=O)c(Br)cc1OCc1ccccc1Cl. The number of amides is 1. The lowest BCUT2D eigenvalue weighted by atomic mass is 10.1. The van der Waals surface area contributed by atoms with Crippen LogP contribution >= 0.6 is 51.5 Å². The van der Waals surface area contributed by atoms with Crippen LogP contribution in [0.1, 0.15) is 24.0 Å². The van der Waals surface area contributed by atoms with E-state index < -0.39 is 0 Å². The molecule has 168 valence electrons. The zero-order valence-electron chi connectivity index (χ0n) is 17.3.